The minimum atomic E-state index is -1.84. The highest BCUT2D eigenvalue weighted by Crippen LogP contribution is 2.40. The third-order valence-corrected chi connectivity index (χ3v) is 9.79. The largest absolute Gasteiger partial charge is 0.547 e. The van der Waals surface area contributed by atoms with Gasteiger partial charge in [-0.15, -0.1) is 0 Å². The van der Waals surface area contributed by atoms with Gasteiger partial charge in [-0.3, -0.25) is 9.69 Å². The Morgan fingerprint density at radius 2 is 1.87 bits per heavy atom. The predicted molar refractivity (Wildman–Crippen MR) is 97.8 cm³/mol. The predicted octanol–water partition coefficient (Wildman–Crippen LogP) is 4.19. The van der Waals surface area contributed by atoms with Crippen LogP contribution in [0.2, 0.25) is 18.1 Å². The third kappa shape index (κ3) is 4.83. The molecule has 0 fully saturated rings. The van der Waals surface area contributed by atoms with E-state index >= 15 is 0 Å². The van der Waals surface area contributed by atoms with Crippen LogP contribution in [0.15, 0.2) is 11.8 Å². The number of allylic oxidation sites excluding steroid dienone is 1. The Morgan fingerprint density at radius 1 is 1.30 bits per heavy atom. The van der Waals surface area contributed by atoms with Gasteiger partial charge < -0.3 is 9.16 Å². The minimum absolute atomic E-state index is 0.0750. The molecule has 0 saturated heterocycles. The van der Waals surface area contributed by atoms with Crippen molar-refractivity contribution in [1.29, 1.82) is 0 Å². The van der Waals surface area contributed by atoms with Crippen LogP contribution < -0.4 is 0 Å². The van der Waals surface area contributed by atoms with Crippen LogP contribution in [0.5, 0.6) is 0 Å². The number of methoxy groups -OCH3 is 1. The van der Waals surface area contributed by atoms with Crippen LogP contribution in [0.3, 0.4) is 0 Å². The Labute approximate surface area is 143 Å². The van der Waals surface area contributed by atoms with E-state index in [0.29, 0.717) is 0 Å². The van der Waals surface area contributed by atoms with Crippen LogP contribution in [-0.2, 0) is 14.0 Å². The lowest BCUT2D eigenvalue weighted by atomic mass is 9.87. The van der Waals surface area contributed by atoms with Crippen LogP contribution in [0.1, 0.15) is 47.5 Å². The molecule has 0 radical (unpaired) electrons. The van der Waals surface area contributed by atoms with Crippen LogP contribution in [0.25, 0.3) is 0 Å². The Bertz CT molecular complexity index is 436. The number of carbonyl (C=O) groups is 1. The molecular formula is C18H35NO3Si. The van der Waals surface area contributed by atoms with Crippen LogP contribution in [-0.4, -0.2) is 45.4 Å². The summed E-state index contributed by atoms with van der Waals surface area (Å²) in [5, 5.41) is 0.178. The highest BCUT2D eigenvalue weighted by atomic mass is 28.4. The fourth-order valence-corrected chi connectivity index (χ4v) is 3.97. The van der Waals surface area contributed by atoms with E-state index in [1.807, 2.05) is 0 Å². The van der Waals surface area contributed by atoms with Gasteiger partial charge in [-0.25, -0.2) is 0 Å². The maximum Gasteiger partial charge on any atom is 0.310 e. The number of hydrogen-bond donors (Lipinski definition) is 0. The zero-order chi connectivity index (χ0) is 17.8. The summed E-state index contributed by atoms with van der Waals surface area (Å²) in [6.45, 7) is 17.4. The van der Waals surface area contributed by atoms with Gasteiger partial charge in [-0.05, 0) is 43.7 Å². The van der Waals surface area contributed by atoms with Crippen molar-refractivity contribution in [3.8, 4) is 0 Å². The summed E-state index contributed by atoms with van der Waals surface area (Å²) in [5.41, 5.74) is 0. The maximum atomic E-state index is 12.2. The maximum absolute atomic E-state index is 12.2. The minimum Gasteiger partial charge on any atom is -0.547 e. The Morgan fingerprint density at radius 3 is 2.30 bits per heavy atom. The van der Waals surface area contributed by atoms with Gasteiger partial charge in [0.05, 0.1) is 18.8 Å². The van der Waals surface area contributed by atoms with E-state index in [1.165, 1.54) is 7.11 Å². The summed E-state index contributed by atoms with van der Waals surface area (Å²) < 4.78 is 11.5. The van der Waals surface area contributed by atoms with E-state index in [4.69, 9.17) is 9.16 Å². The molecule has 134 valence electrons. The van der Waals surface area contributed by atoms with Crippen molar-refractivity contribution < 1.29 is 14.0 Å². The van der Waals surface area contributed by atoms with E-state index in [9.17, 15) is 4.79 Å². The average molecular weight is 342 g/mol. The molecule has 0 aliphatic heterocycles. The van der Waals surface area contributed by atoms with Gasteiger partial charge in [0.1, 0.15) is 0 Å². The lowest BCUT2D eigenvalue weighted by molar-refractivity contribution is -0.147. The zero-order valence-electron chi connectivity index (χ0n) is 16.2. The van der Waals surface area contributed by atoms with Crippen molar-refractivity contribution in [2.75, 3.05) is 20.2 Å². The summed E-state index contributed by atoms with van der Waals surface area (Å²) in [6, 6.07) is 0.0750. The van der Waals surface area contributed by atoms with Crippen LogP contribution >= 0.6 is 0 Å². The molecule has 0 aromatic rings. The normalized spacial score (nSPS) is 22.7. The van der Waals surface area contributed by atoms with Crippen molar-refractivity contribution in [1.82, 2.24) is 4.90 Å². The Kier molecular flexibility index (Phi) is 6.90. The van der Waals surface area contributed by atoms with Crippen LogP contribution in [0, 0.1) is 5.92 Å². The summed E-state index contributed by atoms with van der Waals surface area (Å²) >= 11 is 0. The lowest BCUT2D eigenvalue weighted by Gasteiger charge is -2.41. The fourth-order valence-electron chi connectivity index (χ4n) is 2.84. The second-order valence-corrected chi connectivity index (χ2v) is 12.6. The fraction of sp³-hybridized carbons (Fsp3) is 0.833. The molecule has 0 bridgehead atoms. The third-order valence-electron chi connectivity index (χ3n) is 5.40. The quantitative estimate of drug-likeness (QED) is 0.536. The SMILES string of the molecule is CCN(CC)[C@H]1C=C(O[Si](C)(C)C(C)(C)C)CC[C@H]1C(=O)OC. The van der Waals surface area contributed by atoms with Crippen molar-refractivity contribution >= 4 is 14.3 Å². The highest BCUT2D eigenvalue weighted by Gasteiger charge is 2.41. The van der Waals surface area contributed by atoms with Crippen LogP contribution in [0.4, 0.5) is 0 Å². The second kappa shape index (κ2) is 7.84. The topological polar surface area (TPSA) is 38.8 Å². The molecule has 1 aliphatic carbocycles. The highest BCUT2D eigenvalue weighted by molar-refractivity contribution is 6.74. The van der Waals surface area contributed by atoms with Gasteiger partial charge in [0.15, 0.2) is 0 Å². The first kappa shape index (κ1) is 20.2. The molecule has 5 heteroatoms. The summed E-state index contributed by atoms with van der Waals surface area (Å²) in [4.78, 5) is 14.5. The van der Waals surface area contributed by atoms with Gasteiger partial charge >= 0.3 is 5.97 Å². The van der Waals surface area contributed by atoms with E-state index in [-0.39, 0.29) is 23.0 Å². The molecule has 0 aromatic heterocycles. The molecule has 0 aromatic carbocycles. The van der Waals surface area contributed by atoms with Crippen molar-refractivity contribution in [3.63, 3.8) is 0 Å². The smallest absolute Gasteiger partial charge is 0.310 e. The number of ether oxygens (including phenoxy) is 1. The number of esters is 1. The first-order chi connectivity index (χ1) is 10.6. The summed E-state index contributed by atoms with van der Waals surface area (Å²) in [5.74, 6) is 0.866. The molecule has 23 heavy (non-hydrogen) atoms. The molecule has 1 aliphatic rings. The molecule has 0 N–H and O–H groups in total. The van der Waals surface area contributed by atoms with E-state index in [0.717, 1.165) is 31.7 Å². The van der Waals surface area contributed by atoms with Gasteiger partial charge in [-0.2, -0.15) is 0 Å². The standard InChI is InChI=1S/C18H35NO3Si/c1-9-19(10-2)16-13-14(11-12-15(16)17(20)21-6)22-23(7,8)18(3,4)5/h13,15-16H,9-12H2,1-8H3/t15-,16+/m1/s1. The molecule has 4 nitrogen and oxygen atoms in total. The van der Waals surface area contributed by atoms with Gasteiger partial charge in [-0.1, -0.05) is 34.6 Å². The second-order valence-electron chi connectivity index (χ2n) is 7.88. The lowest BCUT2D eigenvalue weighted by Crippen LogP contribution is -2.46. The Balaban J connectivity index is 3.05. The average Bonchev–Trinajstić information content (AvgIpc) is 2.46. The first-order valence-corrected chi connectivity index (χ1v) is 11.7. The monoisotopic (exact) mass is 341 g/mol. The molecule has 0 heterocycles. The molecule has 0 spiro atoms. The van der Waals surface area contributed by atoms with Crippen molar-refractivity contribution in [2.24, 2.45) is 5.92 Å². The van der Waals surface area contributed by atoms with E-state index in [2.05, 4.69) is 58.7 Å². The molecule has 2 atom stereocenters. The first-order valence-electron chi connectivity index (χ1n) is 8.79. The van der Waals surface area contributed by atoms with Gasteiger partial charge in [0.25, 0.3) is 0 Å². The van der Waals surface area contributed by atoms with E-state index in [1.54, 1.807) is 0 Å². The molecule has 0 saturated carbocycles. The van der Waals surface area contributed by atoms with E-state index < -0.39 is 8.32 Å². The number of likely N-dealkylation sites (N-methyl/N-ethyl adjacent to an activating group) is 1. The number of carbonyl (C=O) groups excluding carboxylic acids is 1. The molecule has 1 rings (SSSR count). The van der Waals surface area contributed by atoms with Gasteiger partial charge in [0, 0.05) is 12.5 Å². The number of rotatable bonds is 6. The Hall–Kier alpha value is -0.813. The van der Waals surface area contributed by atoms with Crippen molar-refractivity contribution in [2.45, 2.75) is 71.6 Å². The van der Waals surface area contributed by atoms with Gasteiger partial charge in [0.2, 0.25) is 8.32 Å². The molecule has 0 unspecified atom stereocenters. The summed E-state index contributed by atoms with van der Waals surface area (Å²) in [6.07, 6.45) is 3.80. The molecular weight excluding hydrogens is 306 g/mol. The number of nitrogens with zero attached hydrogens (tertiary/aromatic N) is 1. The molecule has 0 amide bonds. The zero-order valence-corrected chi connectivity index (χ0v) is 17.2. The number of hydrogen-bond acceptors (Lipinski definition) is 4. The van der Waals surface area contributed by atoms with Crippen molar-refractivity contribution in [3.05, 3.63) is 11.8 Å². The summed E-state index contributed by atoms with van der Waals surface area (Å²) in [7, 11) is -0.358.